The number of fused-ring (bicyclic) bond motifs is 1. The standard InChI is InChI=1S/C19H14F3NO3/c1-10-8-11(26-2)6-7-12(10)16-9-14(18(24)25)13-4-3-5-15(17(13)23-16)19(20,21)22/h3-9H,1-2H3,(H,24,25). The van der Waals surface area contributed by atoms with Crippen molar-refractivity contribution in [2.75, 3.05) is 7.11 Å². The predicted octanol–water partition coefficient (Wildman–Crippen LogP) is 4.94. The third-order valence-electron chi connectivity index (χ3n) is 4.08. The van der Waals surface area contributed by atoms with E-state index in [-0.39, 0.29) is 22.2 Å². The van der Waals surface area contributed by atoms with Gasteiger partial charge in [-0.3, -0.25) is 0 Å². The number of methoxy groups -OCH3 is 1. The zero-order valence-electron chi connectivity index (χ0n) is 13.9. The van der Waals surface area contributed by atoms with Crippen molar-refractivity contribution >= 4 is 16.9 Å². The van der Waals surface area contributed by atoms with Crippen molar-refractivity contribution in [1.29, 1.82) is 0 Å². The number of pyridine rings is 1. The van der Waals surface area contributed by atoms with E-state index in [2.05, 4.69) is 4.98 Å². The van der Waals surface area contributed by atoms with Gasteiger partial charge in [-0.25, -0.2) is 9.78 Å². The van der Waals surface area contributed by atoms with Gasteiger partial charge in [0.15, 0.2) is 0 Å². The summed E-state index contributed by atoms with van der Waals surface area (Å²) in [5.41, 5.74) is -0.182. The van der Waals surface area contributed by atoms with Crippen LogP contribution in [0.15, 0.2) is 42.5 Å². The van der Waals surface area contributed by atoms with Gasteiger partial charge < -0.3 is 9.84 Å². The molecule has 0 bridgehead atoms. The molecule has 3 aromatic rings. The van der Waals surface area contributed by atoms with Gasteiger partial charge in [-0.15, -0.1) is 0 Å². The molecular weight excluding hydrogens is 347 g/mol. The number of hydrogen-bond donors (Lipinski definition) is 1. The minimum atomic E-state index is -4.64. The minimum absolute atomic E-state index is 0.0535. The maximum atomic E-state index is 13.4. The molecule has 2 aromatic carbocycles. The van der Waals surface area contributed by atoms with E-state index in [9.17, 15) is 23.1 Å². The first-order chi connectivity index (χ1) is 12.2. The maximum absolute atomic E-state index is 13.4. The number of para-hydroxylation sites is 1. The lowest BCUT2D eigenvalue weighted by Gasteiger charge is -2.14. The molecule has 0 amide bonds. The quantitative estimate of drug-likeness (QED) is 0.718. The number of ether oxygens (including phenoxy) is 1. The van der Waals surface area contributed by atoms with Crippen LogP contribution in [-0.4, -0.2) is 23.2 Å². The maximum Gasteiger partial charge on any atom is 0.418 e. The van der Waals surface area contributed by atoms with Gasteiger partial charge in [0.2, 0.25) is 0 Å². The average Bonchev–Trinajstić information content (AvgIpc) is 2.59. The van der Waals surface area contributed by atoms with Gasteiger partial charge >= 0.3 is 12.1 Å². The number of benzene rings is 2. The van der Waals surface area contributed by atoms with Gasteiger partial charge in [-0.2, -0.15) is 13.2 Å². The normalized spacial score (nSPS) is 11.6. The number of rotatable bonds is 3. The molecule has 0 aliphatic heterocycles. The predicted molar refractivity (Wildman–Crippen MR) is 90.4 cm³/mol. The van der Waals surface area contributed by atoms with Crippen LogP contribution in [0.4, 0.5) is 13.2 Å². The molecule has 0 fully saturated rings. The van der Waals surface area contributed by atoms with Gasteiger partial charge in [-0.05, 0) is 42.8 Å². The Labute approximate surface area is 146 Å². The highest BCUT2D eigenvalue weighted by Gasteiger charge is 2.34. The molecule has 134 valence electrons. The zero-order valence-corrected chi connectivity index (χ0v) is 13.9. The summed E-state index contributed by atoms with van der Waals surface area (Å²) < 4.78 is 45.2. The summed E-state index contributed by atoms with van der Waals surface area (Å²) >= 11 is 0. The first kappa shape index (κ1) is 17.7. The number of carboxylic acids is 1. The van der Waals surface area contributed by atoms with E-state index in [1.807, 2.05) is 0 Å². The van der Waals surface area contributed by atoms with Gasteiger partial charge in [0.05, 0.1) is 29.4 Å². The number of aryl methyl sites for hydroxylation is 1. The Morgan fingerprint density at radius 2 is 1.88 bits per heavy atom. The van der Waals surface area contributed by atoms with Crippen molar-refractivity contribution in [2.24, 2.45) is 0 Å². The van der Waals surface area contributed by atoms with E-state index in [0.717, 1.165) is 6.07 Å². The van der Waals surface area contributed by atoms with E-state index in [4.69, 9.17) is 4.74 Å². The number of carbonyl (C=O) groups is 1. The van der Waals surface area contributed by atoms with Crippen LogP contribution >= 0.6 is 0 Å². The molecule has 0 saturated carbocycles. The molecule has 1 heterocycles. The monoisotopic (exact) mass is 361 g/mol. The van der Waals surface area contributed by atoms with E-state index >= 15 is 0 Å². The van der Waals surface area contributed by atoms with Crippen LogP contribution in [0, 0.1) is 6.92 Å². The molecule has 3 rings (SSSR count). The van der Waals surface area contributed by atoms with Crippen molar-refractivity contribution in [3.05, 3.63) is 59.2 Å². The Morgan fingerprint density at radius 3 is 2.46 bits per heavy atom. The number of alkyl halides is 3. The van der Waals surface area contributed by atoms with E-state index in [1.54, 1.807) is 25.1 Å². The Hall–Kier alpha value is -3.09. The SMILES string of the molecule is COc1ccc(-c2cc(C(=O)O)c3cccc(C(F)(F)F)c3n2)c(C)c1. The van der Waals surface area contributed by atoms with Crippen LogP contribution in [0.5, 0.6) is 5.75 Å². The Balaban J connectivity index is 2.36. The fourth-order valence-corrected chi connectivity index (χ4v) is 2.84. The van der Waals surface area contributed by atoms with Crippen molar-refractivity contribution in [3.63, 3.8) is 0 Å². The number of hydrogen-bond acceptors (Lipinski definition) is 3. The highest BCUT2D eigenvalue weighted by Crippen LogP contribution is 2.37. The average molecular weight is 361 g/mol. The molecule has 4 nitrogen and oxygen atoms in total. The Bertz CT molecular complexity index is 1010. The fourth-order valence-electron chi connectivity index (χ4n) is 2.84. The zero-order chi connectivity index (χ0) is 19.1. The van der Waals surface area contributed by atoms with Crippen LogP contribution in [0.1, 0.15) is 21.5 Å². The molecule has 7 heteroatoms. The molecule has 26 heavy (non-hydrogen) atoms. The van der Waals surface area contributed by atoms with Crippen LogP contribution < -0.4 is 4.74 Å². The molecule has 0 aliphatic carbocycles. The van der Waals surface area contributed by atoms with Gasteiger partial charge in [0.1, 0.15) is 5.75 Å². The largest absolute Gasteiger partial charge is 0.497 e. The second-order valence-electron chi connectivity index (χ2n) is 5.74. The fraction of sp³-hybridized carbons (Fsp3) is 0.158. The first-order valence-corrected chi connectivity index (χ1v) is 7.61. The first-order valence-electron chi connectivity index (χ1n) is 7.61. The van der Waals surface area contributed by atoms with Crippen molar-refractivity contribution < 1.29 is 27.8 Å². The molecule has 1 aromatic heterocycles. The molecule has 1 N–H and O–H groups in total. The summed E-state index contributed by atoms with van der Waals surface area (Å²) in [4.78, 5) is 15.8. The molecule has 0 unspecified atom stereocenters. The van der Waals surface area contributed by atoms with Crippen LogP contribution in [-0.2, 0) is 6.18 Å². The van der Waals surface area contributed by atoms with Crippen molar-refractivity contribution in [2.45, 2.75) is 13.1 Å². The number of carboxylic acid groups (broad SMARTS) is 1. The molecule has 0 saturated heterocycles. The van der Waals surface area contributed by atoms with Gasteiger partial charge in [0, 0.05) is 10.9 Å². The summed E-state index contributed by atoms with van der Waals surface area (Å²) in [5.74, 6) is -0.731. The number of aromatic carboxylic acids is 1. The Morgan fingerprint density at radius 1 is 1.15 bits per heavy atom. The molecule has 0 atom stereocenters. The lowest BCUT2D eigenvalue weighted by atomic mass is 9.99. The number of nitrogens with zero attached hydrogens (tertiary/aromatic N) is 1. The highest BCUT2D eigenvalue weighted by atomic mass is 19.4. The number of aromatic nitrogens is 1. The Kier molecular flexibility index (Phi) is 4.31. The third-order valence-corrected chi connectivity index (χ3v) is 4.08. The van der Waals surface area contributed by atoms with Crippen LogP contribution in [0.25, 0.3) is 22.2 Å². The molecular formula is C19H14F3NO3. The van der Waals surface area contributed by atoms with Gasteiger partial charge in [0.25, 0.3) is 0 Å². The molecule has 0 radical (unpaired) electrons. The van der Waals surface area contributed by atoms with E-state index < -0.39 is 17.7 Å². The second-order valence-corrected chi connectivity index (χ2v) is 5.74. The lowest BCUT2D eigenvalue weighted by Crippen LogP contribution is -2.09. The topological polar surface area (TPSA) is 59.4 Å². The molecule has 0 aliphatic rings. The summed E-state index contributed by atoms with van der Waals surface area (Å²) in [6, 6.07) is 9.68. The van der Waals surface area contributed by atoms with Gasteiger partial charge in [-0.1, -0.05) is 12.1 Å². The minimum Gasteiger partial charge on any atom is -0.497 e. The van der Waals surface area contributed by atoms with E-state index in [0.29, 0.717) is 16.9 Å². The van der Waals surface area contributed by atoms with Crippen LogP contribution in [0.2, 0.25) is 0 Å². The highest BCUT2D eigenvalue weighted by molar-refractivity contribution is 6.04. The summed E-state index contributed by atoms with van der Waals surface area (Å²) in [7, 11) is 1.50. The number of halogens is 3. The summed E-state index contributed by atoms with van der Waals surface area (Å²) in [6.45, 7) is 1.75. The second kappa shape index (κ2) is 6.33. The summed E-state index contributed by atoms with van der Waals surface area (Å²) in [5, 5.41) is 9.42. The lowest BCUT2D eigenvalue weighted by molar-refractivity contribution is -0.136. The summed E-state index contributed by atoms with van der Waals surface area (Å²) in [6.07, 6.45) is -4.64. The van der Waals surface area contributed by atoms with E-state index in [1.165, 1.54) is 25.3 Å². The third kappa shape index (κ3) is 3.08. The van der Waals surface area contributed by atoms with Crippen molar-refractivity contribution in [3.8, 4) is 17.0 Å². The molecule has 0 spiro atoms. The van der Waals surface area contributed by atoms with Crippen LogP contribution in [0.3, 0.4) is 0 Å². The smallest absolute Gasteiger partial charge is 0.418 e. The van der Waals surface area contributed by atoms with Crippen molar-refractivity contribution in [1.82, 2.24) is 4.98 Å².